The van der Waals surface area contributed by atoms with Gasteiger partial charge in [0.05, 0.1) is 18.1 Å². The summed E-state index contributed by atoms with van der Waals surface area (Å²) in [6, 6.07) is 11.6. The second kappa shape index (κ2) is 11.8. The molecular weight excluding hydrogens is 530 g/mol. The Morgan fingerprint density at radius 3 is 2.37 bits per heavy atom. The average molecular weight is 558 g/mol. The Hall–Kier alpha value is -1.97. The molecule has 1 amide bonds. The summed E-state index contributed by atoms with van der Waals surface area (Å²) in [5, 5.41) is 2.21. The maximum Gasteiger partial charge on any atom is 0.245 e. The van der Waals surface area contributed by atoms with Crippen molar-refractivity contribution in [3.63, 3.8) is 0 Å². The molecule has 1 aromatic heterocycles. The van der Waals surface area contributed by atoms with Crippen LogP contribution in [0.25, 0.3) is 0 Å². The summed E-state index contributed by atoms with van der Waals surface area (Å²) in [5.41, 5.74) is 1.79. The molecule has 0 bridgehead atoms. The normalized spacial score (nSPS) is 12.7. The molecule has 188 valence electrons. The highest BCUT2D eigenvalue weighted by Gasteiger charge is 2.33. The number of carbonyl (C=O) groups is 1. The van der Waals surface area contributed by atoms with Crippen molar-refractivity contribution < 1.29 is 17.6 Å². The molecule has 0 spiro atoms. The molecule has 0 fully saturated rings. The van der Waals surface area contributed by atoms with Crippen molar-refractivity contribution in [3.05, 3.63) is 85.8 Å². The van der Waals surface area contributed by atoms with Gasteiger partial charge in [0, 0.05) is 22.5 Å². The van der Waals surface area contributed by atoms with Crippen molar-refractivity contribution in [2.45, 2.75) is 51.2 Å². The van der Waals surface area contributed by atoms with Crippen LogP contribution in [0.15, 0.2) is 58.8 Å². The monoisotopic (exact) mass is 556 g/mol. The van der Waals surface area contributed by atoms with E-state index in [4.69, 9.17) is 23.2 Å². The van der Waals surface area contributed by atoms with Gasteiger partial charge in [0.1, 0.15) is 10.7 Å². The summed E-state index contributed by atoms with van der Waals surface area (Å²) in [4.78, 5) is 16.1. The number of halogens is 3. The van der Waals surface area contributed by atoms with Gasteiger partial charge < -0.3 is 4.90 Å². The first-order valence-electron chi connectivity index (χ1n) is 11.0. The summed E-state index contributed by atoms with van der Waals surface area (Å²) in [7, 11) is -4.12. The lowest BCUT2D eigenvalue weighted by atomic mass is 10.2. The van der Waals surface area contributed by atoms with Gasteiger partial charge >= 0.3 is 0 Å². The first-order valence-corrected chi connectivity index (χ1v) is 14.1. The van der Waals surface area contributed by atoms with Gasteiger partial charge in [0.2, 0.25) is 15.9 Å². The van der Waals surface area contributed by atoms with Crippen LogP contribution >= 0.6 is 34.5 Å². The van der Waals surface area contributed by atoms with E-state index in [-0.39, 0.29) is 39.8 Å². The van der Waals surface area contributed by atoms with Gasteiger partial charge in [0.25, 0.3) is 0 Å². The summed E-state index contributed by atoms with van der Waals surface area (Å²) < 4.78 is 41.8. The highest BCUT2D eigenvalue weighted by molar-refractivity contribution is 7.89. The number of sulfonamides is 1. The third-order valence-electron chi connectivity index (χ3n) is 5.80. The summed E-state index contributed by atoms with van der Waals surface area (Å²) in [6.07, 6.45) is 0.493. The second-order valence-electron chi connectivity index (χ2n) is 8.29. The van der Waals surface area contributed by atoms with Crippen LogP contribution in [0, 0.1) is 12.7 Å². The van der Waals surface area contributed by atoms with E-state index < -0.39 is 16.1 Å². The number of carbonyl (C=O) groups excluding carboxylic acids is 1. The molecule has 5 nitrogen and oxygen atoms in total. The Balaban J connectivity index is 1.95. The van der Waals surface area contributed by atoms with E-state index >= 15 is 0 Å². The fraction of sp³-hybridized carbons (Fsp3) is 0.320. The third-order valence-corrected chi connectivity index (χ3v) is 9.48. The van der Waals surface area contributed by atoms with E-state index in [9.17, 15) is 17.6 Å². The zero-order chi connectivity index (χ0) is 25.8. The van der Waals surface area contributed by atoms with Gasteiger partial charge in [-0.05, 0) is 73.2 Å². The summed E-state index contributed by atoms with van der Waals surface area (Å²) in [6.45, 7) is 5.71. The SMILES string of the molecule is CC[C@@H](C)N(CC(=O)N(Cc1ccc(F)cc1)Cc1sccc1C)S(=O)(=O)c1cc(Cl)ccc1Cl. The molecule has 3 rings (SSSR count). The van der Waals surface area contributed by atoms with Gasteiger partial charge in [-0.25, -0.2) is 12.8 Å². The molecule has 0 radical (unpaired) electrons. The fourth-order valence-electron chi connectivity index (χ4n) is 3.50. The molecule has 0 aliphatic rings. The highest BCUT2D eigenvalue weighted by Crippen LogP contribution is 2.29. The van der Waals surface area contributed by atoms with Crippen molar-refractivity contribution in [2.75, 3.05) is 6.54 Å². The fourth-order valence-corrected chi connectivity index (χ4v) is 6.81. The summed E-state index contributed by atoms with van der Waals surface area (Å²) in [5.74, 6) is -0.739. The van der Waals surface area contributed by atoms with Crippen LogP contribution in [-0.2, 0) is 27.9 Å². The van der Waals surface area contributed by atoms with E-state index in [2.05, 4.69) is 0 Å². The van der Waals surface area contributed by atoms with Crippen molar-refractivity contribution in [1.29, 1.82) is 0 Å². The number of benzene rings is 2. The van der Waals surface area contributed by atoms with E-state index in [1.165, 1.54) is 46.0 Å². The molecule has 35 heavy (non-hydrogen) atoms. The van der Waals surface area contributed by atoms with E-state index in [1.54, 1.807) is 24.0 Å². The second-order valence-corrected chi connectivity index (χ2v) is 12.0. The zero-order valence-corrected chi connectivity index (χ0v) is 22.8. The van der Waals surface area contributed by atoms with Crippen LogP contribution < -0.4 is 0 Å². The quantitative estimate of drug-likeness (QED) is 0.285. The number of thiophene rings is 1. The molecule has 0 saturated heterocycles. The Bertz CT molecular complexity index is 1280. The van der Waals surface area contributed by atoms with Crippen LogP contribution in [0.2, 0.25) is 10.0 Å². The van der Waals surface area contributed by atoms with Gasteiger partial charge in [-0.1, -0.05) is 42.3 Å². The number of aryl methyl sites for hydroxylation is 1. The number of nitrogens with zero attached hydrogens (tertiary/aromatic N) is 2. The first-order chi connectivity index (χ1) is 16.5. The van der Waals surface area contributed by atoms with Gasteiger partial charge in [0.15, 0.2) is 0 Å². The van der Waals surface area contributed by atoms with Crippen molar-refractivity contribution in [1.82, 2.24) is 9.21 Å². The molecule has 0 aliphatic heterocycles. The molecule has 1 atom stereocenters. The Morgan fingerprint density at radius 1 is 1.09 bits per heavy atom. The van der Waals surface area contributed by atoms with Crippen LogP contribution in [0.5, 0.6) is 0 Å². The lowest BCUT2D eigenvalue weighted by molar-refractivity contribution is -0.133. The van der Waals surface area contributed by atoms with E-state index in [1.807, 2.05) is 25.3 Å². The number of amides is 1. The number of rotatable bonds is 10. The largest absolute Gasteiger partial charge is 0.332 e. The molecule has 10 heteroatoms. The van der Waals surface area contributed by atoms with Gasteiger partial charge in [-0.3, -0.25) is 4.79 Å². The number of hydrogen-bond donors (Lipinski definition) is 0. The topological polar surface area (TPSA) is 57.7 Å². The lowest BCUT2D eigenvalue weighted by Gasteiger charge is -2.31. The molecule has 1 heterocycles. The Kier molecular flexibility index (Phi) is 9.34. The molecule has 0 N–H and O–H groups in total. The number of hydrogen-bond acceptors (Lipinski definition) is 4. The maximum absolute atomic E-state index is 13.6. The van der Waals surface area contributed by atoms with E-state index in [0.29, 0.717) is 13.0 Å². The van der Waals surface area contributed by atoms with Crippen molar-refractivity contribution in [2.24, 2.45) is 0 Å². The first kappa shape index (κ1) is 27.6. The van der Waals surface area contributed by atoms with Crippen LogP contribution in [0.1, 0.15) is 36.3 Å². The smallest absolute Gasteiger partial charge is 0.245 e. The van der Waals surface area contributed by atoms with Crippen LogP contribution in [0.4, 0.5) is 4.39 Å². The van der Waals surface area contributed by atoms with Crippen molar-refractivity contribution >= 4 is 50.5 Å². The van der Waals surface area contributed by atoms with Crippen LogP contribution in [0.3, 0.4) is 0 Å². The average Bonchev–Trinajstić information content (AvgIpc) is 3.23. The van der Waals surface area contributed by atoms with Gasteiger partial charge in [-0.2, -0.15) is 4.31 Å². The predicted molar refractivity (Wildman–Crippen MR) is 140 cm³/mol. The third kappa shape index (κ3) is 6.83. The van der Waals surface area contributed by atoms with Crippen LogP contribution in [-0.4, -0.2) is 36.1 Å². The highest BCUT2D eigenvalue weighted by atomic mass is 35.5. The molecular formula is C25H27Cl2FN2O3S2. The van der Waals surface area contributed by atoms with Crippen molar-refractivity contribution in [3.8, 4) is 0 Å². The molecule has 2 aromatic carbocycles. The molecule has 0 saturated carbocycles. The molecule has 3 aromatic rings. The lowest BCUT2D eigenvalue weighted by Crippen LogP contribution is -2.46. The Labute approximate surface area is 220 Å². The minimum Gasteiger partial charge on any atom is -0.332 e. The standard InChI is InChI=1S/C25H27Cl2FN2O3S2/c1-4-18(3)30(35(32,33)24-13-20(26)7-10-22(24)27)16-25(31)29(15-23-17(2)11-12-34-23)14-19-5-8-21(28)9-6-19/h5-13,18H,4,14-16H2,1-3H3/t18-/m1/s1. The van der Waals surface area contributed by atoms with Gasteiger partial charge in [-0.15, -0.1) is 11.3 Å². The molecule has 0 aliphatic carbocycles. The minimum absolute atomic E-state index is 0.0348. The maximum atomic E-state index is 13.6. The minimum atomic E-state index is -4.12. The molecule has 0 unspecified atom stereocenters. The van der Waals surface area contributed by atoms with E-state index in [0.717, 1.165) is 16.0 Å². The summed E-state index contributed by atoms with van der Waals surface area (Å²) >= 11 is 13.8. The zero-order valence-electron chi connectivity index (χ0n) is 19.7. The predicted octanol–water partition coefficient (Wildman–Crippen LogP) is 6.52. The Morgan fingerprint density at radius 2 is 1.77 bits per heavy atom.